The summed E-state index contributed by atoms with van der Waals surface area (Å²) >= 11 is 1.86. The van der Waals surface area contributed by atoms with Crippen molar-refractivity contribution in [1.29, 1.82) is 0 Å². The number of aliphatic hydroxyl groups excluding tert-OH is 1. The molecule has 0 saturated heterocycles. The quantitative estimate of drug-likeness (QED) is 0.782. The molecule has 0 aromatic heterocycles. The minimum atomic E-state index is -0.165. The maximum Gasteiger partial charge on any atom is 0.0580 e. The lowest BCUT2D eigenvalue weighted by molar-refractivity contribution is 0.164. The van der Waals surface area contributed by atoms with Crippen LogP contribution >= 0.6 is 11.8 Å². The molecule has 0 fully saturated rings. The van der Waals surface area contributed by atoms with Crippen LogP contribution in [0.5, 0.6) is 0 Å². The van der Waals surface area contributed by atoms with Crippen LogP contribution in [0.4, 0.5) is 0 Å². The first-order chi connectivity index (χ1) is 8.29. The highest BCUT2D eigenvalue weighted by molar-refractivity contribution is 7.98. The van der Waals surface area contributed by atoms with Crippen molar-refractivity contribution < 1.29 is 5.11 Å². The summed E-state index contributed by atoms with van der Waals surface area (Å²) in [6.07, 6.45) is 8.59. The summed E-state index contributed by atoms with van der Waals surface area (Å²) in [4.78, 5) is 0. The number of fused-ring (bicyclic) bond motifs is 1. The molecule has 1 aliphatic rings. The minimum absolute atomic E-state index is 0.165. The zero-order valence-electron chi connectivity index (χ0n) is 10.6. The summed E-state index contributed by atoms with van der Waals surface area (Å²) in [6, 6.07) is 6.76. The van der Waals surface area contributed by atoms with Gasteiger partial charge in [0, 0.05) is 0 Å². The van der Waals surface area contributed by atoms with Gasteiger partial charge >= 0.3 is 0 Å². The van der Waals surface area contributed by atoms with Gasteiger partial charge in [-0.1, -0.05) is 18.2 Å². The number of aliphatic hydroxyl groups is 1. The van der Waals surface area contributed by atoms with E-state index < -0.39 is 0 Å². The van der Waals surface area contributed by atoms with Crippen LogP contribution in [0.15, 0.2) is 18.2 Å². The third kappa shape index (κ3) is 3.75. The Morgan fingerprint density at radius 1 is 1.29 bits per heavy atom. The molecule has 1 unspecified atom stereocenters. The van der Waals surface area contributed by atoms with Crippen molar-refractivity contribution in [1.82, 2.24) is 0 Å². The molecule has 1 aromatic rings. The van der Waals surface area contributed by atoms with Gasteiger partial charge < -0.3 is 5.11 Å². The fraction of sp³-hybridized carbons (Fsp3) is 0.600. The van der Waals surface area contributed by atoms with Gasteiger partial charge in [0.25, 0.3) is 0 Å². The van der Waals surface area contributed by atoms with Gasteiger partial charge in [0.1, 0.15) is 0 Å². The van der Waals surface area contributed by atoms with Crippen molar-refractivity contribution in [2.45, 2.75) is 44.6 Å². The molecule has 1 aromatic carbocycles. The van der Waals surface area contributed by atoms with E-state index in [9.17, 15) is 5.11 Å². The second-order valence-corrected chi connectivity index (χ2v) is 5.94. The fourth-order valence-corrected chi connectivity index (χ4v) is 3.04. The van der Waals surface area contributed by atoms with E-state index in [2.05, 4.69) is 24.5 Å². The highest BCUT2D eigenvalue weighted by atomic mass is 32.2. The topological polar surface area (TPSA) is 20.2 Å². The van der Waals surface area contributed by atoms with Crippen molar-refractivity contribution in [2.24, 2.45) is 0 Å². The molecule has 0 aliphatic heterocycles. The Morgan fingerprint density at radius 3 is 2.94 bits per heavy atom. The smallest absolute Gasteiger partial charge is 0.0580 e. The summed E-state index contributed by atoms with van der Waals surface area (Å²) in [5.41, 5.74) is 4.34. The Morgan fingerprint density at radius 2 is 2.12 bits per heavy atom. The summed E-state index contributed by atoms with van der Waals surface area (Å²) in [7, 11) is 0. The Bertz CT molecular complexity index is 362. The van der Waals surface area contributed by atoms with E-state index >= 15 is 0 Å². The minimum Gasteiger partial charge on any atom is -0.393 e. The second-order valence-electron chi connectivity index (χ2n) is 4.95. The highest BCUT2D eigenvalue weighted by Gasteiger charge is 2.12. The van der Waals surface area contributed by atoms with E-state index in [1.54, 1.807) is 0 Å². The van der Waals surface area contributed by atoms with Crippen molar-refractivity contribution in [3.63, 3.8) is 0 Å². The summed E-state index contributed by atoms with van der Waals surface area (Å²) in [5, 5.41) is 9.97. The lowest BCUT2D eigenvalue weighted by atomic mass is 10.0. The zero-order valence-corrected chi connectivity index (χ0v) is 11.4. The molecular weight excluding hydrogens is 228 g/mol. The third-order valence-corrected chi connectivity index (χ3v) is 4.22. The number of hydrogen-bond donors (Lipinski definition) is 1. The van der Waals surface area contributed by atoms with Crippen molar-refractivity contribution in [3.05, 3.63) is 34.9 Å². The first kappa shape index (κ1) is 13.0. The zero-order chi connectivity index (χ0) is 12.1. The lowest BCUT2D eigenvalue weighted by Crippen LogP contribution is -2.10. The van der Waals surface area contributed by atoms with Gasteiger partial charge in [-0.25, -0.2) is 0 Å². The van der Waals surface area contributed by atoms with Crippen LogP contribution in [0.25, 0.3) is 0 Å². The van der Waals surface area contributed by atoms with E-state index in [1.165, 1.54) is 36.0 Å². The molecule has 0 spiro atoms. The van der Waals surface area contributed by atoms with Gasteiger partial charge in [-0.2, -0.15) is 11.8 Å². The molecule has 17 heavy (non-hydrogen) atoms. The highest BCUT2D eigenvalue weighted by Crippen LogP contribution is 2.23. The van der Waals surface area contributed by atoms with Gasteiger partial charge in [0.2, 0.25) is 0 Å². The van der Waals surface area contributed by atoms with Gasteiger partial charge in [-0.05, 0) is 67.2 Å². The molecule has 0 radical (unpaired) electrons. The molecule has 0 saturated carbocycles. The van der Waals surface area contributed by atoms with Crippen LogP contribution in [-0.2, 0) is 19.3 Å². The van der Waals surface area contributed by atoms with E-state index in [1.807, 2.05) is 11.8 Å². The number of hydrogen-bond acceptors (Lipinski definition) is 2. The van der Waals surface area contributed by atoms with Gasteiger partial charge in [-0.3, -0.25) is 0 Å². The molecule has 2 rings (SSSR count). The standard InChI is InChI=1S/C15H22OS/c1-17-9-3-6-15(16)11-12-7-8-13-4-2-5-14(13)10-12/h7-8,10,15-16H,2-6,9,11H2,1H3. The summed E-state index contributed by atoms with van der Waals surface area (Å²) < 4.78 is 0. The normalized spacial score (nSPS) is 15.9. The third-order valence-electron chi connectivity index (χ3n) is 3.52. The van der Waals surface area contributed by atoms with E-state index in [-0.39, 0.29) is 6.10 Å². The first-order valence-electron chi connectivity index (χ1n) is 6.57. The first-order valence-corrected chi connectivity index (χ1v) is 7.96. The van der Waals surface area contributed by atoms with Crippen LogP contribution in [0.2, 0.25) is 0 Å². The maximum atomic E-state index is 9.97. The Labute approximate surface area is 109 Å². The molecule has 0 amide bonds. The van der Waals surface area contributed by atoms with Crippen LogP contribution in [0, 0.1) is 0 Å². The van der Waals surface area contributed by atoms with Crippen LogP contribution in [0.3, 0.4) is 0 Å². The number of aryl methyl sites for hydroxylation is 2. The molecule has 1 N–H and O–H groups in total. The molecule has 0 bridgehead atoms. The molecule has 1 nitrogen and oxygen atoms in total. The molecule has 0 heterocycles. The Kier molecular flexibility index (Phi) is 4.93. The van der Waals surface area contributed by atoms with Crippen molar-refractivity contribution in [3.8, 4) is 0 Å². The van der Waals surface area contributed by atoms with Gasteiger partial charge in [0.15, 0.2) is 0 Å². The fourth-order valence-electron chi connectivity index (χ4n) is 2.59. The molecule has 1 atom stereocenters. The lowest BCUT2D eigenvalue weighted by Gasteiger charge is -2.11. The molecule has 2 heteroatoms. The maximum absolute atomic E-state index is 9.97. The summed E-state index contributed by atoms with van der Waals surface area (Å²) in [5.74, 6) is 1.15. The van der Waals surface area contributed by atoms with Crippen LogP contribution < -0.4 is 0 Å². The second kappa shape index (κ2) is 6.46. The van der Waals surface area contributed by atoms with E-state index in [0.29, 0.717) is 0 Å². The molecule has 1 aliphatic carbocycles. The predicted molar refractivity (Wildman–Crippen MR) is 75.8 cm³/mol. The Hall–Kier alpha value is -0.470. The molecular formula is C15H22OS. The van der Waals surface area contributed by atoms with Crippen LogP contribution in [0.1, 0.15) is 36.0 Å². The predicted octanol–water partition coefficient (Wildman–Crippen LogP) is 3.22. The average Bonchev–Trinajstić information content (AvgIpc) is 2.76. The van der Waals surface area contributed by atoms with Crippen molar-refractivity contribution >= 4 is 11.8 Å². The molecule has 94 valence electrons. The largest absolute Gasteiger partial charge is 0.393 e. The number of rotatable bonds is 6. The number of benzene rings is 1. The Balaban J connectivity index is 1.86. The van der Waals surface area contributed by atoms with Gasteiger partial charge in [-0.15, -0.1) is 0 Å². The van der Waals surface area contributed by atoms with E-state index in [0.717, 1.165) is 25.0 Å². The number of thioether (sulfide) groups is 1. The van der Waals surface area contributed by atoms with Gasteiger partial charge in [0.05, 0.1) is 6.10 Å². The van der Waals surface area contributed by atoms with Crippen LogP contribution in [-0.4, -0.2) is 23.2 Å². The SMILES string of the molecule is CSCCCC(O)Cc1ccc2c(c1)CCC2. The monoisotopic (exact) mass is 250 g/mol. The average molecular weight is 250 g/mol. The van der Waals surface area contributed by atoms with E-state index in [4.69, 9.17) is 0 Å². The summed E-state index contributed by atoms with van der Waals surface area (Å²) in [6.45, 7) is 0. The van der Waals surface area contributed by atoms with Crippen molar-refractivity contribution in [2.75, 3.05) is 12.0 Å².